The van der Waals surface area contributed by atoms with Gasteiger partial charge >= 0.3 is 0 Å². The Morgan fingerprint density at radius 3 is 2.59 bits per heavy atom. The minimum Gasteiger partial charge on any atom is -0.329 e. The van der Waals surface area contributed by atoms with Crippen molar-refractivity contribution in [2.75, 3.05) is 13.6 Å². The van der Waals surface area contributed by atoms with Crippen molar-refractivity contribution < 1.29 is 0 Å². The van der Waals surface area contributed by atoms with Gasteiger partial charge in [-0.05, 0) is 33.2 Å². The minimum absolute atomic E-state index is 0.0612. The Labute approximate surface area is 109 Å². The molecule has 4 heteroatoms. The Bertz CT molecular complexity index is 348. The van der Waals surface area contributed by atoms with Gasteiger partial charge in [0.1, 0.15) is 0 Å². The van der Waals surface area contributed by atoms with E-state index in [0.29, 0.717) is 12.5 Å². The second-order valence-electron chi connectivity index (χ2n) is 5.51. The molecule has 3 nitrogen and oxygen atoms in total. The lowest BCUT2D eigenvalue weighted by atomic mass is 9.89. The van der Waals surface area contributed by atoms with Crippen molar-refractivity contribution in [1.82, 2.24) is 9.88 Å². The van der Waals surface area contributed by atoms with Crippen LogP contribution in [0.3, 0.4) is 0 Å². The van der Waals surface area contributed by atoms with Crippen molar-refractivity contribution in [3.05, 3.63) is 16.1 Å². The Kier molecular flexibility index (Phi) is 5.10. The van der Waals surface area contributed by atoms with E-state index in [2.05, 4.69) is 43.1 Å². The smallest absolute Gasteiger partial charge is 0.0897 e. The lowest BCUT2D eigenvalue weighted by molar-refractivity contribution is 0.110. The van der Waals surface area contributed by atoms with Crippen LogP contribution in [-0.2, 0) is 6.54 Å². The normalized spacial score (nSPS) is 15.5. The number of nitrogens with zero attached hydrogens (tertiary/aromatic N) is 2. The van der Waals surface area contributed by atoms with Crippen LogP contribution in [0.2, 0.25) is 0 Å². The van der Waals surface area contributed by atoms with Crippen molar-refractivity contribution in [1.29, 1.82) is 0 Å². The summed E-state index contributed by atoms with van der Waals surface area (Å²) in [6.45, 7) is 10.3. The summed E-state index contributed by atoms with van der Waals surface area (Å²) < 4.78 is 0. The molecule has 0 aliphatic carbocycles. The van der Waals surface area contributed by atoms with Gasteiger partial charge in [0, 0.05) is 24.0 Å². The lowest BCUT2D eigenvalue weighted by Gasteiger charge is -2.39. The number of hydrogen-bond donors (Lipinski definition) is 1. The molecule has 0 aromatic carbocycles. The Hall–Kier alpha value is -0.450. The summed E-state index contributed by atoms with van der Waals surface area (Å²) in [5, 5.41) is 3.27. The summed E-state index contributed by atoms with van der Waals surface area (Å²) in [6.07, 6.45) is 1.11. The number of aromatic nitrogens is 1. The maximum Gasteiger partial charge on any atom is 0.0897 e. The maximum atomic E-state index is 5.96. The third-order valence-corrected chi connectivity index (χ3v) is 4.10. The molecule has 17 heavy (non-hydrogen) atoms. The van der Waals surface area contributed by atoms with Gasteiger partial charge < -0.3 is 5.73 Å². The molecule has 1 heterocycles. The summed E-state index contributed by atoms with van der Waals surface area (Å²) in [6, 6.07) is 0. The first-order valence-corrected chi connectivity index (χ1v) is 7.07. The lowest BCUT2D eigenvalue weighted by Crippen LogP contribution is -2.50. The standard InChI is InChI=1S/C13H25N3S/c1-10(2)6-13(4,9-14)16(5)7-12-8-17-11(3)15-12/h8,10H,6-7,9,14H2,1-5H3. The van der Waals surface area contributed by atoms with E-state index in [1.807, 2.05) is 6.92 Å². The van der Waals surface area contributed by atoms with Crippen LogP contribution in [0.1, 0.15) is 37.9 Å². The highest BCUT2D eigenvalue weighted by molar-refractivity contribution is 7.09. The quantitative estimate of drug-likeness (QED) is 0.849. The van der Waals surface area contributed by atoms with Crippen LogP contribution in [-0.4, -0.2) is 29.0 Å². The van der Waals surface area contributed by atoms with Crippen molar-refractivity contribution >= 4 is 11.3 Å². The zero-order chi connectivity index (χ0) is 13.1. The highest BCUT2D eigenvalue weighted by atomic mass is 32.1. The highest BCUT2D eigenvalue weighted by Crippen LogP contribution is 2.23. The van der Waals surface area contributed by atoms with Gasteiger partial charge in [-0.3, -0.25) is 4.90 Å². The largest absolute Gasteiger partial charge is 0.329 e. The molecule has 0 aliphatic rings. The average molecular weight is 255 g/mol. The first-order chi connectivity index (χ1) is 7.87. The SMILES string of the molecule is Cc1nc(CN(C)C(C)(CN)CC(C)C)cs1. The molecule has 2 N–H and O–H groups in total. The van der Waals surface area contributed by atoms with Crippen LogP contribution in [0.5, 0.6) is 0 Å². The van der Waals surface area contributed by atoms with E-state index in [1.165, 1.54) is 0 Å². The zero-order valence-corrected chi connectivity index (χ0v) is 12.5. The van der Waals surface area contributed by atoms with Crippen molar-refractivity contribution in [2.24, 2.45) is 11.7 Å². The number of hydrogen-bond acceptors (Lipinski definition) is 4. The summed E-state index contributed by atoms with van der Waals surface area (Å²) in [5.41, 5.74) is 7.17. The van der Waals surface area contributed by atoms with Crippen molar-refractivity contribution in [3.63, 3.8) is 0 Å². The third-order valence-electron chi connectivity index (χ3n) is 3.28. The molecule has 1 aromatic rings. The van der Waals surface area contributed by atoms with Gasteiger partial charge in [-0.25, -0.2) is 4.98 Å². The number of thiazole rings is 1. The van der Waals surface area contributed by atoms with E-state index in [0.717, 1.165) is 23.7 Å². The summed E-state index contributed by atoms with van der Waals surface area (Å²) in [4.78, 5) is 6.85. The molecule has 0 aliphatic heterocycles. The number of aryl methyl sites for hydroxylation is 1. The molecule has 0 spiro atoms. The third kappa shape index (κ3) is 4.05. The summed E-state index contributed by atoms with van der Waals surface area (Å²) in [5.74, 6) is 0.656. The van der Waals surface area contributed by atoms with E-state index in [1.54, 1.807) is 11.3 Å². The average Bonchev–Trinajstić information content (AvgIpc) is 2.62. The highest BCUT2D eigenvalue weighted by Gasteiger charge is 2.28. The van der Waals surface area contributed by atoms with Gasteiger partial charge in [-0.1, -0.05) is 13.8 Å². The van der Waals surface area contributed by atoms with Gasteiger partial charge in [0.2, 0.25) is 0 Å². The molecule has 1 atom stereocenters. The topological polar surface area (TPSA) is 42.2 Å². The van der Waals surface area contributed by atoms with Crippen molar-refractivity contribution in [2.45, 2.75) is 46.2 Å². The van der Waals surface area contributed by atoms with Gasteiger partial charge in [0.15, 0.2) is 0 Å². The summed E-state index contributed by atoms with van der Waals surface area (Å²) in [7, 11) is 2.14. The monoisotopic (exact) mass is 255 g/mol. The van der Waals surface area contributed by atoms with E-state index in [9.17, 15) is 0 Å². The molecule has 0 fully saturated rings. The van der Waals surface area contributed by atoms with E-state index in [-0.39, 0.29) is 5.54 Å². The maximum absolute atomic E-state index is 5.96. The number of likely N-dealkylation sites (N-methyl/N-ethyl adjacent to an activating group) is 1. The second kappa shape index (κ2) is 5.94. The Morgan fingerprint density at radius 1 is 1.53 bits per heavy atom. The molecule has 1 aromatic heterocycles. The van der Waals surface area contributed by atoms with Crippen molar-refractivity contribution in [3.8, 4) is 0 Å². The predicted molar refractivity (Wildman–Crippen MR) is 75.2 cm³/mol. The predicted octanol–water partition coefficient (Wildman–Crippen LogP) is 2.65. The first-order valence-electron chi connectivity index (χ1n) is 6.19. The number of nitrogens with two attached hydrogens (primary N) is 1. The van der Waals surface area contributed by atoms with Crippen LogP contribution in [0.25, 0.3) is 0 Å². The van der Waals surface area contributed by atoms with Crippen LogP contribution in [0.15, 0.2) is 5.38 Å². The van der Waals surface area contributed by atoms with E-state index < -0.39 is 0 Å². The number of rotatable bonds is 6. The van der Waals surface area contributed by atoms with Gasteiger partial charge in [0.25, 0.3) is 0 Å². The Morgan fingerprint density at radius 2 is 2.18 bits per heavy atom. The van der Waals surface area contributed by atoms with E-state index in [4.69, 9.17) is 5.73 Å². The first kappa shape index (κ1) is 14.6. The second-order valence-corrected chi connectivity index (χ2v) is 6.58. The van der Waals surface area contributed by atoms with E-state index >= 15 is 0 Å². The molecule has 1 rings (SSSR count). The minimum atomic E-state index is 0.0612. The fourth-order valence-corrected chi connectivity index (χ4v) is 2.79. The summed E-state index contributed by atoms with van der Waals surface area (Å²) >= 11 is 1.71. The molecular weight excluding hydrogens is 230 g/mol. The molecule has 1 unspecified atom stereocenters. The fraction of sp³-hybridized carbons (Fsp3) is 0.769. The molecular formula is C13H25N3S. The molecule has 0 bridgehead atoms. The Balaban J connectivity index is 2.69. The molecule has 0 amide bonds. The molecule has 0 radical (unpaired) electrons. The van der Waals surface area contributed by atoms with Crippen LogP contribution in [0, 0.1) is 12.8 Å². The van der Waals surface area contributed by atoms with Crippen LogP contribution in [0.4, 0.5) is 0 Å². The van der Waals surface area contributed by atoms with Crippen LogP contribution < -0.4 is 5.73 Å². The fourth-order valence-electron chi connectivity index (χ4n) is 2.19. The molecule has 98 valence electrons. The van der Waals surface area contributed by atoms with Gasteiger partial charge in [0.05, 0.1) is 10.7 Å². The van der Waals surface area contributed by atoms with Gasteiger partial charge in [-0.15, -0.1) is 11.3 Å². The molecule has 0 saturated carbocycles. The van der Waals surface area contributed by atoms with Crippen LogP contribution >= 0.6 is 11.3 Å². The molecule has 0 saturated heterocycles. The zero-order valence-electron chi connectivity index (χ0n) is 11.7. The van der Waals surface area contributed by atoms with Gasteiger partial charge in [-0.2, -0.15) is 0 Å².